The molecule has 103 heavy (non-hydrogen) atoms. The normalized spacial score (nSPS) is 12.7. The highest BCUT2D eigenvalue weighted by molar-refractivity contribution is 6.38. The van der Waals surface area contributed by atoms with Gasteiger partial charge in [0.15, 0.2) is 0 Å². The molecule has 16 aromatic carbocycles. The predicted molar refractivity (Wildman–Crippen MR) is 433 cm³/mol. The van der Waals surface area contributed by atoms with Crippen molar-refractivity contribution in [2.24, 2.45) is 0 Å². The molecule has 0 spiro atoms. The van der Waals surface area contributed by atoms with Crippen molar-refractivity contribution in [2.45, 2.75) is 0 Å². The quantitative estimate of drug-likeness (QED) is 0.159. The number of hydrogen-bond donors (Lipinski definition) is 0. The number of rotatable bonds is 6. The van der Waals surface area contributed by atoms with E-state index in [0.29, 0.717) is 0 Å². The Morgan fingerprint density at radius 3 is 0.854 bits per heavy atom. The maximum atomic E-state index is 2.62. The standard InChI is InChI=1S/C96H55N7/c1-6-23-58(24-7-1)97-79-38-19-16-33-63(79)70-47-74-67-36-22-37-68-75-48-72-65-43-41-56(45-82(65)100(61-29-12-4-13-30-61)86(72)54-89(75)102(95(67)68)88(74)52-84(70)97)57-42-44-66-73-50-78-91(55-87(73)101(83(66)46-57)62-31-14-5-15-32-62)103-90-53-85-71(64-34-17-20-39-80(64)98(85)59-25-8-2-9-26-59)49-76(90)77-51-92-93(94(78)96(77)103)69-35-18-21-40-81(69)99(92)60-27-10-3-11-28-60/h1-55H. The highest BCUT2D eigenvalue weighted by Gasteiger charge is 2.29. The van der Waals surface area contributed by atoms with Gasteiger partial charge in [-0.15, -0.1) is 0 Å². The second-order valence-corrected chi connectivity index (χ2v) is 28.3. The lowest BCUT2D eigenvalue weighted by atomic mass is 9.99. The number of nitrogens with zero attached hydrogens (tertiary/aromatic N) is 7. The van der Waals surface area contributed by atoms with Crippen molar-refractivity contribution in [3.05, 3.63) is 334 Å². The molecule has 0 radical (unpaired) electrons. The molecule has 0 saturated carbocycles. The summed E-state index contributed by atoms with van der Waals surface area (Å²) in [5.41, 5.74) is 27.1. The molecule has 0 fully saturated rings. The summed E-state index contributed by atoms with van der Waals surface area (Å²) in [5, 5.41) is 22.5. The number of para-hydroxylation sites is 9. The molecule has 0 unspecified atom stereocenters. The van der Waals surface area contributed by atoms with Crippen LogP contribution < -0.4 is 0 Å². The monoisotopic (exact) mass is 1310 g/mol. The first-order valence-corrected chi connectivity index (χ1v) is 35.6. The van der Waals surface area contributed by atoms with Crippen LogP contribution in [0.4, 0.5) is 0 Å². The zero-order chi connectivity index (χ0) is 66.6. The summed E-state index contributed by atoms with van der Waals surface area (Å²) in [6, 6.07) is 125. The number of fused-ring (bicyclic) bond motifs is 28. The second kappa shape index (κ2) is 19.5. The molecule has 25 aromatic rings. The average Bonchev–Trinajstić information content (AvgIpc) is 1.51. The Morgan fingerprint density at radius 1 is 0.136 bits per heavy atom. The van der Waals surface area contributed by atoms with E-state index in [1.807, 2.05) is 0 Å². The van der Waals surface area contributed by atoms with Crippen LogP contribution in [-0.4, -0.2) is 31.6 Å². The average molecular weight is 1310 g/mol. The summed E-state index contributed by atoms with van der Waals surface area (Å²) in [6.45, 7) is 0. The van der Waals surface area contributed by atoms with E-state index < -0.39 is 0 Å². The predicted octanol–water partition coefficient (Wildman–Crippen LogP) is 25.1. The van der Waals surface area contributed by atoms with Crippen molar-refractivity contribution in [3.8, 4) is 39.6 Å². The highest BCUT2D eigenvalue weighted by atomic mass is 15.0. The van der Waals surface area contributed by atoms with E-state index in [2.05, 4.69) is 365 Å². The number of hydrogen-bond acceptors (Lipinski definition) is 0. The van der Waals surface area contributed by atoms with E-state index in [1.165, 1.54) is 169 Å². The fourth-order valence-electron chi connectivity index (χ4n) is 19.1. The summed E-state index contributed by atoms with van der Waals surface area (Å²) >= 11 is 0. The Kier molecular flexibility index (Phi) is 10.2. The first-order chi connectivity index (χ1) is 51.1. The van der Waals surface area contributed by atoms with Crippen molar-refractivity contribution in [3.63, 3.8) is 0 Å². The molecule has 0 aliphatic carbocycles. The molecule has 9 heterocycles. The molecule has 0 bridgehead atoms. The fourth-order valence-corrected chi connectivity index (χ4v) is 19.1. The lowest BCUT2D eigenvalue weighted by molar-refractivity contribution is 1.18. The minimum absolute atomic E-state index is 1.12. The van der Waals surface area contributed by atoms with Crippen molar-refractivity contribution in [1.29, 1.82) is 0 Å². The van der Waals surface area contributed by atoms with Crippen LogP contribution in [0.5, 0.6) is 0 Å². The summed E-state index contributed by atoms with van der Waals surface area (Å²) in [4.78, 5) is 0. The minimum Gasteiger partial charge on any atom is -0.309 e. The smallest absolute Gasteiger partial charge is 0.0628 e. The Hall–Kier alpha value is -13.9. The number of benzene rings is 16. The Morgan fingerprint density at radius 2 is 0.427 bits per heavy atom. The Labute approximate surface area is 586 Å². The first-order valence-electron chi connectivity index (χ1n) is 35.6. The molecule has 25 rings (SSSR count). The summed E-state index contributed by atoms with van der Waals surface area (Å²) in [5.74, 6) is 0. The van der Waals surface area contributed by atoms with Crippen LogP contribution in [0, 0.1) is 0 Å². The van der Waals surface area contributed by atoms with Crippen molar-refractivity contribution in [1.82, 2.24) is 31.6 Å². The molecule has 0 aliphatic heterocycles. The lowest BCUT2D eigenvalue weighted by Crippen LogP contribution is -1.95. The number of aromatic nitrogens is 7. The zero-order valence-corrected chi connectivity index (χ0v) is 55.4. The van der Waals surface area contributed by atoms with E-state index in [4.69, 9.17) is 0 Å². The van der Waals surface area contributed by atoms with Crippen LogP contribution in [0.15, 0.2) is 334 Å². The summed E-state index contributed by atoms with van der Waals surface area (Å²) in [6.07, 6.45) is 0. The van der Waals surface area contributed by atoms with Gasteiger partial charge in [-0.2, -0.15) is 0 Å². The third kappa shape index (κ3) is 6.93. The van der Waals surface area contributed by atoms with Crippen LogP contribution in [0.1, 0.15) is 0 Å². The summed E-state index contributed by atoms with van der Waals surface area (Å²) in [7, 11) is 0. The van der Waals surface area contributed by atoms with Gasteiger partial charge in [0.1, 0.15) is 0 Å². The molecule has 474 valence electrons. The van der Waals surface area contributed by atoms with Crippen molar-refractivity contribution in [2.75, 3.05) is 0 Å². The topological polar surface area (TPSA) is 33.5 Å². The van der Waals surface area contributed by atoms with Gasteiger partial charge in [0.25, 0.3) is 0 Å². The SMILES string of the molecule is c1ccc(-n2c3ccccc3c3cc4c5cccc6c7cc8c9ccc(-c%10ccc%11c%12cc%13c%14c%15c%16ccccc%16n(-c%16ccccc%16)c%15cc%15c%16cc%17c%18ccccc%18n(-c%18ccccc%18)c%17cc%16n(c%13cc%12n(-c%12ccccc%12)c%11c%10)c%15%14)cc9n(-c9ccccc9)c8cc7n(c4cc32)c56)cc1. The van der Waals surface area contributed by atoms with E-state index >= 15 is 0 Å². The first kappa shape index (κ1) is 54.1. The molecule has 0 aliphatic rings. The van der Waals surface area contributed by atoms with Crippen LogP contribution in [0.3, 0.4) is 0 Å². The van der Waals surface area contributed by atoms with E-state index in [0.717, 1.165) is 56.1 Å². The molecule has 0 saturated heterocycles. The van der Waals surface area contributed by atoms with Crippen LogP contribution in [0.25, 0.3) is 225 Å². The van der Waals surface area contributed by atoms with Gasteiger partial charge in [-0.1, -0.05) is 188 Å². The molecule has 0 atom stereocenters. The Balaban J connectivity index is 0.745. The van der Waals surface area contributed by atoms with Gasteiger partial charge in [-0.25, -0.2) is 0 Å². The summed E-state index contributed by atoms with van der Waals surface area (Å²) < 4.78 is 17.6. The highest BCUT2D eigenvalue weighted by Crippen LogP contribution is 2.52. The van der Waals surface area contributed by atoms with E-state index in [-0.39, 0.29) is 0 Å². The largest absolute Gasteiger partial charge is 0.309 e. The van der Waals surface area contributed by atoms with Crippen LogP contribution in [0.2, 0.25) is 0 Å². The van der Waals surface area contributed by atoms with Gasteiger partial charge in [-0.05, 0) is 157 Å². The zero-order valence-electron chi connectivity index (χ0n) is 55.4. The maximum Gasteiger partial charge on any atom is 0.0628 e. The van der Waals surface area contributed by atoms with Crippen molar-refractivity contribution >= 4 is 185 Å². The Bertz CT molecular complexity index is 8000. The third-order valence-corrected chi connectivity index (χ3v) is 23.3. The van der Waals surface area contributed by atoms with Gasteiger partial charge in [0.2, 0.25) is 0 Å². The van der Waals surface area contributed by atoms with Crippen LogP contribution >= 0.6 is 0 Å². The molecular formula is C96H55N7. The van der Waals surface area contributed by atoms with E-state index in [1.54, 1.807) is 0 Å². The van der Waals surface area contributed by atoms with Gasteiger partial charge < -0.3 is 31.6 Å². The van der Waals surface area contributed by atoms with Gasteiger partial charge in [-0.3, -0.25) is 0 Å². The van der Waals surface area contributed by atoms with Gasteiger partial charge >= 0.3 is 0 Å². The van der Waals surface area contributed by atoms with Gasteiger partial charge in [0, 0.05) is 125 Å². The minimum atomic E-state index is 1.12. The van der Waals surface area contributed by atoms with Crippen LogP contribution in [-0.2, 0) is 0 Å². The lowest BCUT2D eigenvalue weighted by Gasteiger charge is -2.11. The van der Waals surface area contributed by atoms with E-state index in [9.17, 15) is 0 Å². The molecule has 0 amide bonds. The molecule has 7 heteroatoms. The molecule has 0 N–H and O–H groups in total. The maximum absolute atomic E-state index is 2.62. The molecule has 7 nitrogen and oxygen atoms in total. The fraction of sp³-hybridized carbons (Fsp3) is 0. The molecule has 9 aromatic heterocycles. The third-order valence-electron chi connectivity index (χ3n) is 23.3. The second-order valence-electron chi connectivity index (χ2n) is 28.3. The van der Waals surface area contributed by atoms with Crippen molar-refractivity contribution < 1.29 is 0 Å². The van der Waals surface area contributed by atoms with Gasteiger partial charge in [0.05, 0.1) is 88.3 Å². The molecular weight excluding hydrogens is 1250 g/mol.